The van der Waals surface area contributed by atoms with E-state index in [0.29, 0.717) is 23.9 Å². The number of aliphatic hydroxyl groups excluding tert-OH is 1. The number of carbonyl (C=O) groups excluding carboxylic acids is 1. The average molecular weight is 803 g/mol. The van der Waals surface area contributed by atoms with Gasteiger partial charge in [-0.25, -0.2) is 0 Å². The first-order valence-corrected chi connectivity index (χ1v) is 25.3. The maximum Gasteiger partial charge on any atom is 0.268 e. The summed E-state index contributed by atoms with van der Waals surface area (Å²) in [5.41, 5.74) is 0. The Morgan fingerprint density at radius 3 is 1.24 bits per heavy atom. The number of phosphoric acid groups is 1. The van der Waals surface area contributed by atoms with Crippen molar-refractivity contribution in [2.45, 2.75) is 251 Å². The smallest absolute Gasteiger partial charge is 0.268 e. The lowest BCUT2D eigenvalue weighted by Crippen LogP contribution is -2.46. The molecule has 330 valence electrons. The molecule has 0 radical (unpaired) electrons. The quantitative estimate of drug-likeness (QED) is 0.0361. The van der Waals surface area contributed by atoms with E-state index in [-0.39, 0.29) is 19.1 Å². The first-order valence-electron chi connectivity index (χ1n) is 23.9. The standard InChI is InChI=1S/C46H95N2O6P/c1-6-8-10-12-14-15-16-17-18-19-20-21-22-23-24-25-26-27-28-29-30-31-32-34-35-37-39-45(49)44(43-54-55(51,52)53-42-41-48(3,4)5)47-46(50)40-38-36-33-13-11-9-7-2/h44-45,49H,6-43H2,1-5H3,(H-,47,50,51,52). The summed E-state index contributed by atoms with van der Waals surface area (Å²) in [6, 6.07) is -0.791. The van der Waals surface area contributed by atoms with Crippen LogP contribution >= 0.6 is 7.82 Å². The van der Waals surface area contributed by atoms with Gasteiger partial charge in [0.15, 0.2) is 0 Å². The van der Waals surface area contributed by atoms with E-state index in [1.807, 2.05) is 21.1 Å². The molecule has 9 heteroatoms. The summed E-state index contributed by atoms with van der Waals surface area (Å²) < 4.78 is 23.2. The van der Waals surface area contributed by atoms with E-state index < -0.39 is 20.0 Å². The molecule has 0 heterocycles. The SMILES string of the molecule is CCCCCCCCCCCCCCCCCCCCCCCCCCCCC(O)C(COP(=O)([O-])OCC[N+](C)(C)C)NC(=O)CCCCCCCCC. The normalized spacial score (nSPS) is 14.2. The molecule has 3 atom stereocenters. The zero-order valence-corrected chi connectivity index (χ0v) is 38.3. The first-order chi connectivity index (χ1) is 26.5. The lowest BCUT2D eigenvalue weighted by Gasteiger charge is -2.30. The van der Waals surface area contributed by atoms with Gasteiger partial charge in [-0.05, 0) is 12.8 Å². The molecular formula is C46H95N2O6P. The van der Waals surface area contributed by atoms with E-state index in [1.165, 1.54) is 173 Å². The molecular weight excluding hydrogens is 707 g/mol. The van der Waals surface area contributed by atoms with Crippen LogP contribution in [0.25, 0.3) is 0 Å². The highest BCUT2D eigenvalue weighted by Gasteiger charge is 2.24. The van der Waals surface area contributed by atoms with Crippen LogP contribution in [0.3, 0.4) is 0 Å². The van der Waals surface area contributed by atoms with Crippen LogP contribution in [0.15, 0.2) is 0 Å². The number of aliphatic hydroxyl groups is 1. The fourth-order valence-electron chi connectivity index (χ4n) is 7.28. The van der Waals surface area contributed by atoms with Crippen molar-refractivity contribution in [2.24, 2.45) is 0 Å². The number of unbranched alkanes of at least 4 members (excludes halogenated alkanes) is 31. The highest BCUT2D eigenvalue weighted by molar-refractivity contribution is 7.45. The van der Waals surface area contributed by atoms with Crippen LogP contribution in [0.2, 0.25) is 0 Å². The lowest BCUT2D eigenvalue weighted by atomic mass is 10.0. The molecule has 0 fully saturated rings. The van der Waals surface area contributed by atoms with Gasteiger partial charge in [-0.1, -0.05) is 219 Å². The number of hydrogen-bond donors (Lipinski definition) is 2. The first kappa shape index (κ1) is 54.5. The summed E-state index contributed by atoms with van der Waals surface area (Å²) >= 11 is 0. The van der Waals surface area contributed by atoms with E-state index in [9.17, 15) is 19.4 Å². The Kier molecular flexibility index (Phi) is 38.6. The Morgan fingerprint density at radius 2 is 0.891 bits per heavy atom. The summed E-state index contributed by atoms with van der Waals surface area (Å²) in [4.78, 5) is 25.1. The summed E-state index contributed by atoms with van der Waals surface area (Å²) in [6.45, 7) is 4.69. The van der Waals surface area contributed by atoms with Crippen LogP contribution in [-0.4, -0.2) is 68.5 Å². The molecule has 0 aromatic heterocycles. The second kappa shape index (κ2) is 39.0. The van der Waals surface area contributed by atoms with Gasteiger partial charge in [-0.3, -0.25) is 9.36 Å². The molecule has 0 aliphatic carbocycles. The van der Waals surface area contributed by atoms with Crippen LogP contribution in [0.1, 0.15) is 239 Å². The third kappa shape index (κ3) is 41.5. The third-order valence-electron chi connectivity index (χ3n) is 11.1. The van der Waals surface area contributed by atoms with Gasteiger partial charge in [0.1, 0.15) is 13.2 Å². The summed E-state index contributed by atoms with van der Waals surface area (Å²) in [5.74, 6) is -0.169. The summed E-state index contributed by atoms with van der Waals surface area (Å²) in [6.07, 6.45) is 42.9. The minimum absolute atomic E-state index is 0.0156. The van der Waals surface area contributed by atoms with Crippen LogP contribution in [0, 0.1) is 0 Å². The Labute approximate surface area is 342 Å². The van der Waals surface area contributed by atoms with Gasteiger partial charge in [0.25, 0.3) is 7.82 Å². The highest BCUT2D eigenvalue weighted by Crippen LogP contribution is 2.38. The van der Waals surface area contributed by atoms with Gasteiger partial charge in [-0.2, -0.15) is 0 Å². The number of likely N-dealkylation sites (N-methyl/N-ethyl adjacent to an activating group) is 1. The number of carbonyl (C=O) groups is 1. The summed E-state index contributed by atoms with van der Waals surface area (Å²) in [5, 5.41) is 13.9. The molecule has 1 amide bonds. The van der Waals surface area contributed by atoms with Gasteiger partial charge < -0.3 is 28.8 Å². The number of amides is 1. The van der Waals surface area contributed by atoms with E-state index >= 15 is 0 Å². The number of rotatable bonds is 44. The fraction of sp³-hybridized carbons (Fsp3) is 0.978. The number of quaternary nitrogens is 1. The molecule has 0 saturated heterocycles. The van der Waals surface area contributed by atoms with E-state index in [4.69, 9.17) is 9.05 Å². The molecule has 0 rings (SSSR count). The largest absolute Gasteiger partial charge is 0.756 e. The van der Waals surface area contributed by atoms with Crippen LogP contribution in [-0.2, 0) is 18.4 Å². The predicted molar refractivity (Wildman–Crippen MR) is 233 cm³/mol. The van der Waals surface area contributed by atoms with Gasteiger partial charge in [0.05, 0.1) is 39.9 Å². The molecule has 0 aliphatic heterocycles. The molecule has 0 saturated carbocycles. The molecule has 0 bridgehead atoms. The lowest BCUT2D eigenvalue weighted by molar-refractivity contribution is -0.870. The predicted octanol–water partition coefficient (Wildman–Crippen LogP) is 12.7. The second-order valence-electron chi connectivity index (χ2n) is 17.8. The topological polar surface area (TPSA) is 108 Å². The van der Waals surface area contributed by atoms with Crippen molar-refractivity contribution in [3.05, 3.63) is 0 Å². The molecule has 3 unspecified atom stereocenters. The zero-order valence-electron chi connectivity index (χ0n) is 37.4. The second-order valence-corrected chi connectivity index (χ2v) is 19.2. The van der Waals surface area contributed by atoms with Crippen molar-refractivity contribution in [1.82, 2.24) is 5.32 Å². The van der Waals surface area contributed by atoms with Crippen molar-refractivity contribution >= 4 is 13.7 Å². The Hall–Kier alpha value is -0.500. The van der Waals surface area contributed by atoms with Crippen molar-refractivity contribution < 1.29 is 32.9 Å². The highest BCUT2D eigenvalue weighted by atomic mass is 31.2. The number of hydrogen-bond acceptors (Lipinski definition) is 6. The third-order valence-corrected chi connectivity index (χ3v) is 12.1. The van der Waals surface area contributed by atoms with E-state index in [1.54, 1.807) is 0 Å². The number of nitrogens with zero attached hydrogens (tertiary/aromatic N) is 1. The van der Waals surface area contributed by atoms with Crippen molar-refractivity contribution in [1.29, 1.82) is 0 Å². The maximum absolute atomic E-state index is 12.7. The van der Waals surface area contributed by atoms with Crippen LogP contribution in [0.4, 0.5) is 0 Å². The van der Waals surface area contributed by atoms with Gasteiger partial charge in [0.2, 0.25) is 5.91 Å². The molecule has 0 aliphatic rings. The fourth-order valence-corrected chi connectivity index (χ4v) is 8.00. The zero-order chi connectivity index (χ0) is 40.7. The van der Waals surface area contributed by atoms with Crippen molar-refractivity contribution in [2.75, 3.05) is 40.9 Å². The van der Waals surface area contributed by atoms with Gasteiger partial charge in [0, 0.05) is 6.42 Å². The van der Waals surface area contributed by atoms with Crippen LogP contribution in [0.5, 0.6) is 0 Å². The van der Waals surface area contributed by atoms with Gasteiger partial charge >= 0.3 is 0 Å². The maximum atomic E-state index is 12.7. The number of phosphoric ester groups is 1. The molecule has 0 spiro atoms. The molecule has 8 nitrogen and oxygen atoms in total. The Morgan fingerprint density at radius 1 is 0.564 bits per heavy atom. The number of nitrogens with one attached hydrogen (secondary N) is 1. The Bertz CT molecular complexity index is 870. The average Bonchev–Trinajstić information content (AvgIpc) is 3.13. The molecule has 2 N–H and O–H groups in total. The minimum Gasteiger partial charge on any atom is -0.756 e. The molecule has 0 aromatic rings. The van der Waals surface area contributed by atoms with Gasteiger partial charge in [-0.15, -0.1) is 0 Å². The van der Waals surface area contributed by atoms with Crippen LogP contribution < -0.4 is 10.2 Å². The molecule has 0 aromatic carbocycles. The monoisotopic (exact) mass is 803 g/mol. The Balaban J connectivity index is 4.00. The van der Waals surface area contributed by atoms with E-state index in [0.717, 1.165) is 38.5 Å². The van der Waals surface area contributed by atoms with Crippen molar-refractivity contribution in [3.63, 3.8) is 0 Å². The molecule has 55 heavy (non-hydrogen) atoms. The minimum atomic E-state index is -4.55. The van der Waals surface area contributed by atoms with Crippen molar-refractivity contribution in [3.8, 4) is 0 Å². The van der Waals surface area contributed by atoms with E-state index in [2.05, 4.69) is 19.2 Å². The summed E-state index contributed by atoms with van der Waals surface area (Å²) in [7, 11) is 1.31.